The summed E-state index contributed by atoms with van der Waals surface area (Å²) < 4.78 is 25.0. The van der Waals surface area contributed by atoms with Crippen molar-refractivity contribution in [2.45, 2.75) is 18.9 Å². The average molecular weight is 394 g/mol. The summed E-state index contributed by atoms with van der Waals surface area (Å²) in [7, 11) is 1.42. The van der Waals surface area contributed by atoms with Crippen LogP contribution < -0.4 is 21.1 Å². The first kappa shape index (κ1) is 19.3. The van der Waals surface area contributed by atoms with Crippen LogP contribution in [0.4, 0.5) is 21.5 Å². The highest BCUT2D eigenvalue weighted by Gasteiger charge is 2.17. The molecule has 1 amide bonds. The molecular formula is C19H21ClFN3O3. The Balaban J connectivity index is 1.69. The number of anilines is 3. The monoisotopic (exact) mass is 393 g/mol. The van der Waals surface area contributed by atoms with Crippen LogP contribution in [0.5, 0.6) is 5.75 Å². The first-order chi connectivity index (χ1) is 13.0. The second-order valence-electron chi connectivity index (χ2n) is 6.24. The Morgan fingerprint density at radius 1 is 1.41 bits per heavy atom. The summed E-state index contributed by atoms with van der Waals surface area (Å²) in [6.45, 7) is 1.29. The smallest absolute Gasteiger partial charge is 0.259 e. The minimum Gasteiger partial charge on any atom is -0.496 e. The molecule has 0 saturated carbocycles. The Morgan fingerprint density at radius 3 is 2.89 bits per heavy atom. The molecule has 1 heterocycles. The van der Waals surface area contributed by atoms with E-state index in [-0.39, 0.29) is 22.4 Å². The van der Waals surface area contributed by atoms with Gasteiger partial charge in [0.1, 0.15) is 11.6 Å². The minimum absolute atomic E-state index is 0.103. The molecule has 0 aromatic heterocycles. The first-order valence-corrected chi connectivity index (χ1v) is 8.95. The van der Waals surface area contributed by atoms with E-state index >= 15 is 0 Å². The predicted octanol–water partition coefficient (Wildman–Crippen LogP) is 3.91. The molecule has 0 radical (unpaired) electrons. The van der Waals surface area contributed by atoms with Crippen molar-refractivity contribution in [2.75, 3.05) is 36.6 Å². The maximum absolute atomic E-state index is 14.3. The van der Waals surface area contributed by atoms with Gasteiger partial charge in [-0.25, -0.2) is 4.39 Å². The molecule has 1 aliphatic rings. The summed E-state index contributed by atoms with van der Waals surface area (Å²) in [4.78, 5) is 12.5. The lowest BCUT2D eigenvalue weighted by Gasteiger charge is -2.14. The average Bonchev–Trinajstić information content (AvgIpc) is 3.16. The molecule has 27 heavy (non-hydrogen) atoms. The molecule has 144 valence electrons. The second-order valence-corrected chi connectivity index (χ2v) is 6.65. The lowest BCUT2D eigenvalue weighted by atomic mass is 10.1. The van der Waals surface area contributed by atoms with Crippen LogP contribution in [0.1, 0.15) is 23.2 Å². The number of benzene rings is 2. The normalized spacial score (nSPS) is 16.2. The van der Waals surface area contributed by atoms with Gasteiger partial charge in [-0.15, -0.1) is 0 Å². The van der Waals surface area contributed by atoms with E-state index in [2.05, 4.69) is 10.6 Å². The van der Waals surface area contributed by atoms with E-state index in [1.54, 1.807) is 12.1 Å². The Kier molecular flexibility index (Phi) is 6.03. The standard InChI is InChI=1S/C19H21ClFN3O3/c1-26-18-9-16(22)14(20)8-13(18)19(25)24-11-4-5-17(15(21)7-11)23-10-12-3-2-6-27-12/h4-5,7-9,12,23H,2-3,6,10,22H2,1H3,(H,24,25). The number of carbonyl (C=O) groups excluding carboxylic acids is 1. The molecule has 1 saturated heterocycles. The number of methoxy groups -OCH3 is 1. The summed E-state index contributed by atoms with van der Waals surface area (Å²) in [5.74, 6) is -0.661. The number of hydrogen-bond acceptors (Lipinski definition) is 5. The van der Waals surface area contributed by atoms with Crippen molar-refractivity contribution in [3.05, 3.63) is 46.7 Å². The number of nitrogens with two attached hydrogens (primary N) is 1. The molecule has 4 N–H and O–H groups in total. The van der Waals surface area contributed by atoms with Crippen LogP contribution in [0.2, 0.25) is 5.02 Å². The maximum atomic E-state index is 14.3. The fraction of sp³-hybridized carbons (Fsp3) is 0.316. The predicted molar refractivity (Wildman–Crippen MR) is 104 cm³/mol. The summed E-state index contributed by atoms with van der Waals surface area (Å²) in [5, 5.41) is 5.91. The molecule has 0 aliphatic carbocycles. The van der Waals surface area contributed by atoms with Crippen LogP contribution in [-0.4, -0.2) is 32.3 Å². The quantitative estimate of drug-likeness (QED) is 0.648. The van der Waals surface area contributed by atoms with Crippen LogP contribution in [0.15, 0.2) is 30.3 Å². The zero-order chi connectivity index (χ0) is 19.4. The molecule has 1 unspecified atom stereocenters. The van der Waals surface area contributed by atoms with Gasteiger partial charge < -0.3 is 25.8 Å². The largest absolute Gasteiger partial charge is 0.496 e. The number of amides is 1. The van der Waals surface area contributed by atoms with Crippen molar-refractivity contribution < 1.29 is 18.7 Å². The Morgan fingerprint density at radius 2 is 2.22 bits per heavy atom. The number of nitrogens with one attached hydrogen (secondary N) is 2. The van der Waals surface area contributed by atoms with Crippen LogP contribution >= 0.6 is 11.6 Å². The first-order valence-electron chi connectivity index (χ1n) is 8.57. The lowest BCUT2D eigenvalue weighted by Crippen LogP contribution is -2.19. The number of carbonyl (C=O) groups is 1. The van der Waals surface area contributed by atoms with Gasteiger partial charge in [-0.1, -0.05) is 11.6 Å². The van der Waals surface area contributed by atoms with Gasteiger partial charge in [0.25, 0.3) is 5.91 Å². The second kappa shape index (κ2) is 8.45. The number of rotatable bonds is 6. The Hall–Kier alpha value is -2.51. The molecule has 1 aliphatic heterocycles. The van der Waals surface area contributed by atoms with E-state index in [4.69, 9.17) is 26.8 Å². The zero-order valence-corrected chi connectivity index (χ0v) is 15.6. The van der Waals surface area contributed by atoms with E-state index in [1.165, 1.54) is 25.3 Å². The van der Waals surface area contributed by atoms with Gasteiger partial charge in [0.15, 0.2) is 0 Å². The Bertz CT molecular complexity index is 841. The van der Waals surface area contributed by atoms with Crippen LogP contribution in [0.25, 0.3) is 0 Å². The topological polar surface area (TPSA) is 85.6 Å². The molecule has 2 aromatic rings. The van der Waals surface area contributed by atoms with Crippen LogP contribution in [0, 0.1) is 5.82 Å². The highest BCUT2D eigenvalue weighted by molar-refractivity contribution is 6.33. The molecule has 0 bridgehead atoms. The molecule has 1 fully saturated rings. The highest BCUT2D eigenvalue weighted by atomic mass is 35.5. The summed E-state index contributed by atoms with van der Waals surface area (Å²) in [6.07, 6.45) is 2.10. The van der Waals surface area contributed by atoms with Gasteiger partial charge in [-0.2, -0.15) is 0 Å². The van der Waals surface area contributed by atoms with Crippen molar-refractivity contribution in [1.82, 2.24) is 0 Å². The Labute approximate surface area is 161 Å². The van der Waals surface area contributed by atoms with Gasteiger partial charge in [0.2, 0.25) is 0 Å². The number of nitrogen functional groups attached to an aromatic ring is 1. The third kappa shape index (κ3) is 4.61. The van der Waals surface area contributed by atoms with Crippen LogP contribution in [0.3, 0.4) is 0 Å². The third-order valence-electron chi connectivity index (χ3n) is 4.33. The third-order valence-corrected chi connectivity index (χ3v) is 4.66. The lowest BCUT2D eigenvalue weighted by molar-refractivity contribution is 0.102. The molecule has 1 atom stereocenters. The van der Waals surface area contributed by atoms with Crippen LogP contribution in [-0.2, 0) is 4.74 Å². The van der Waals surface area contributed by atoms with Crippen molar-refractivity contribution in [3.8, 4) is 5.75 Å². The fourth-order valence-corrected chi connectivity index (χ4v) is 3.04. The summed E-state index contributed by atoms with van der Waals surface area (Å²) in [6, 6.07) is 7.33. The van der Waals surface area contributed by atoms with Crippen molar-refractivity contribution >= 4 is 34.6 Å². The zero-order valence-electron chi connectivity index (χ0n) is 14.9. The highest BCUT2D eigenvalue weighted by Crippen LogP contribution is 2.30. The van der Waals surface area contributed by atoms with Gasteiger partial charge in [-0.05, 0) is 37.1 Å². The molecule has 6 nitrogen and oxygen atoms in total. The summed E-state index contributed by atoms with van der Waals surface area (Å²) >= 11 is 5.99. The van der Waals surface area contributed by atoms with Crippen molar-refractivity contribution in [3.63, 3.8) is 0 Å². The molecular weight excluding hydrogens is 373 g/mol. The van der Waals surface area contributed by atoms with E-state index in [0.29, 0.717) is 23.6 Å². The van der Waals surface area contributed by atoms with Gasteiger partial charge in [0, 0.05) is 24.9 Å². The van der Waals surface area contributed by atoms with Gasteiger partial charge >= 0.3 is 0 Å². The van der Waals surface area contributed by atoms with Gasteiger partial charge in [-0.3, -0.25) is 4.79 Å². The maximum Gasteiger partial charge on any atom is 0.259 e. The van der Waals surface area contributed by atoms with E-state index < -0.39 is 11.7 Å². The molecule has 2 aromatic carbocycles. The van der Waals surface area contributed by atoms with E-state index in [0.717, 1.165) is 19.4 Å². The van der Waals surface area contributed by atoms with E-state index in [1.807, 2.05) is 0 Å². The minimum atomic E-state index is -0.479. The number of hydrogen-bond donors (Lipinski definition) is 3. The number of halogens is 2. The molecule has 8 heteroatoms. The number of ether oxygens (including phenoxy) is 2. The molecule has 0 spiro atoms. The summed E-state index contributed by atoms with van der Waals surface area (Å²) in [5.41, 5.74) is 6.90. The van der Waals surface area contributed by atoms with Gasteiger partial charge in [0.05, 0.1) is 35.2 Å². The fourth-order valence-electron chi connectivity index (χ4n) is 2.88. The van der Waals surface area contributed by atoms with Crippen molar-refractivity contribution in [1.29, 1.82) is 0 Å². The SMILES string of the molecule is COc1cc(N)c(Cl)cc1C(=O)Nc1ccc(NCC2CCCO2)c(F)c1. The van der Waals surface area contributed by atoms with E-state index in [9.17, 15) is 9.18 Å². The van der Waals surface area contributed by atoms with Crippen molar-refractivity contribution in [2.24, 2.45) is 0 Å². The molecule has 3 rings (SSSR count).